The molecule has 35 heavy (non-hydrogen) atoms. The first-order valence-corrected chi connectivity index (χ1v) is 12.4. The SMILES string of the molecule is N[C@H]1CCN(c2c3c(nc4ccc(-c5ccnc(NC(=O)c6ccccc6)c5)cc24)CCCC3)C1. The zero-order valence-corrected chi connectivity index (χ0v) is 19.7. The highest BCUT2D eigenvalue weighted by molar-refractivity contribution is 6.04. The third-order valence-corrected chi connectivity index (χ3v) is 7.14. The molecule has 4 aromatic rings. The van der Waals surface area contributed by atoms with E-state index in [4.69, 9.17) is 10.7 Å². The van der Waals surface area contributed by atoms with Crippen LogP contribution in [-0.2, 0) is 12.8 Å². The fraction of sp³-hybridized carbons (Fsp3) is 0.276. The monoisotopic (exact) mass is 463 g/mol. The van der Waals surface area contributed by atoms with Crippen molar-refractivity contribution in [3.8, 4) is 11.1 Å². The van der Waals surface area contributed by atoms with E-state index in [0.717, 1.165) is 49.0 Å². The first-order chi connectivity index (χ1) is 17.2. The molecule has 6 nitrogen and oxygen atoms in total. The highest BCUT2D eigenvalue weighted by Crippen LogP contribution is 2.39. The molecule has 2 aromatic heterocycles. The van der Waals surface area contributed by atoms with E-state index >= 15 is 0 Å². The number of amides is 1. The maximum Gasteiger partial charge on any atom is 0.256 e. The summed E-state index contributed by atoms with van der Waals surface area (Å²) in [5.74, 6) is 0.364. The highest BCUT2D eigenvalue weighted by Gasteiger charge is 2.27. The molecule has 2 aliphatic rings. The summed E-state index contributed by atoms with van der Waals surface area (Å²) in [6.07, 6.45) is 7.31. The molecule has 2 aromatic carbocycles. The van der Waals surface area contributed by atoms with Crippen molar-refractivity contribution in [2.75, 3.05) is 23.3 Å². The van der Waals surface area contributed by atoms with E-state index in [0.29, 0.717) is 11.4 Å². The fourth-order valence-electron chi connectivity index (χ4n) is 5.39. The van der Waals surface area contributed by atoms with Gasteiger partial charge in [-0.3, -0.25) is 9.78 Å². The van der Waals surface area contributed by atoms with Crippen LogP contribution in [0.5, 0.6) is 0 Å². The van der Waals surface area contributed by atoms with E-state index in [1.165, 1.54) is 35.2 Å². The molecule has 1 atom stereocenters. The maximum absolute atomic E-state index is 12.6. The summed E-state index contributed by atoms with van der Waals surface area (Å²) >= 11 is 0. The summed E-state index contributed by atoms with van der Waals surface area (Å²) in [6, 6.07) is 19.8. The minimum atomic E-state index is -0.169. The Morgan fingerprint density at radius 1 is 1.00 bits per heavy atom. The van der Waals surface area contributed by atoms with Crippen LogP contribution < -0.4 is 16.0 Å². The number of aromatic nitrogens is 2. The fourth-order valence-corrected chi connectivity index (χ4v) is 5.39. The van der Waals surface area contributed by atoms with Crippen LogP contribution in [0.1, 0.15) is 40.9 Å². The molecule has 3 heterocycles. The number of nitrogens with one attached hydrogen (secondary N) is 1. The van der Waals surface area contributed by atoms with Gasteiger partial charge in [-0.1, -0.05) is 24.3 Å². The zero-order valence-electron chi connectivity index (χ0n) is 19.7. The van der Waals surface area contributed by atoms with Gasteiger partial charge in [-0.05, 0) is 85.2 Å². The van der Waals surface area contributed by atoms with Crippen molar-refractivity contribution >= 4 is 28.3 Å². The molecular formula is C29H29N5O. The number of carbonyl (C=O) groups excluding carboxylic acids is 1. The van der Waals surface area contributed by atoms with Crippen LogP contribution in [0.15, 0.2) is 66.9 Å². The van der Waals surface area contributed by atoms with Crippen molar-refractivity contribution < 1.29 is 4.79 Å². The van der Waals surface area contributed by atoms with E-state index in [9.17, 15) is 4.79 Å². The Kier molecular flexibility index (Phi) is 5.66. The van der Waals surface area contributed by atoms with Crippen molar-refractivity contribution in [1.82, 2.24) is 9.97 Å². The molecule has 1 amide bonds. The lowest BCUT2D eigenvalue weighted by atomic mass is 9.91. The summed E-state index contributed by atoms with van der Waals surface area (Å²) in [5, 5.41) is 4.11. The molecular weight excluding hydrogens is 434 g/mol. The van der Waals surface area contributed by atoms with Gasteiger partial charge in [0.05, 0.1) is 11.2 Å². The first kappa shape index (κ1) is 21.7. The number of anilines is 2. The predicted molar refractivity (Wildman–Crippen MR) is 141 cm³/mol. The van der Waals surface area contributed by atoms with Gasteiger partial charge in [0.1, 0.15) is 5.82 Å². The van der Waals surface area contributed by atoms with Crippen molar-refractivity contribution in [2.45, 2.75) is 38.1 Å². The van der Waals surface area contributed by atoms with Crippen molar-refractivity contribution in [3.63, 3.8) is 0 Å². The molecule has 1 saturated heterocycles. The number of pyridine rings is 2. The largest absolute Gasteiger partial charge is 0.369 e. The van der Waals surface area contributed by atoms with E-state index < -0.39 is 0 Å². The molecule has 1 aliphatic heterocycles. The summed E-state index contributed by atoms with van der Waals surface area (Å²) < 4.78 is 0. The molecule has 0 bridgehead atoms. The standard InChI is InChI=1S/C29H29N5O/c30-22-13-15-34(18-22)28-23-8-4-5-9-25(23)32-26-11-10-20(16-24(26)28)21-12-14-31-27(17-21)33-29(35)19-6-2-1-3-7-19/h1-3,6-7,10-12,14,16-17,22H,4-5,8-9,13,15,18,30H2,(H,31,33,35)/t22-/m0/s1. The van der Waals surface area contributed by atoms with Gasteiger partial charge in [0, 0.05) is 42.0 Å². The van der Waals surface area contributed by atoms with Crippen LogP contribution in [0.2, 0.25) is 0 Å². The number of rotatable bonds is 4. The van der Waals surface area contributed by atoms with Gasteiger partial charge in [-0.15, -0.1) is 0 Å². The van der Waals surface area contributed by atoms with Crippen LogP contribution in [-0.4, -0.2) is 35.0 Å². The first-order valence-electron chi connectivity index (χ1n) is 12.4. The van der Waals surface area contributed by atoms with Gasteiger partial charge < -0.3 is 16.0 Å². The Morgan fingerprint density at radius 2 is 1.83 bits per heavy atom. The lowest BCUT2D eigenvalue weighted by Crippen LogP contribution is -2.28. The van der Waals surface area contributed by atoms with E-state index in [2.05, 4.69) is 33.4 Å². The predicted octanol–water partition coefficient (Wildman–Crippen LogP) is 4.97. The number of hydrogen-bond donors (Lipinski definition) is 2. The van der Waals surface area contributed by atoms with Gasteiger partial charge in [-0.25, -0.2) is 4.98 Å². The molecule has 6 heteroatoms. The topological polar surface area (TPSA) is 84.1 Å². The van der Waals surface area contributed by atoms with Gasteiger partial charge in [0.25, 0.3) is 5.91 Å². The van der Waals surface area contributed by atoms with Gasteiger partial charge in [-0.2, -0.15) is 0 Å². The molecule has 176 valence electrons. The van der Waals surface area contributed by atoms with Gasteiger partial charge >= 0.3 is 0 Å². The average molecular weight is 464 g/mol. The van der Waals surface area contributed by atoms with Gasteiger partial charge in [0.2, 0.25) is 0 Å². The number of hydrogen-bond acceptors (Lipinski definition) is 5. The van der Waals surface area contributed by atoms with Crippen molar-refractivity contribution in [3.05, 3.63) is 83.7 Å². The second kappa shape index (κ2) is 9.12. The van der Waals surface area contributed by atoms with Crippen LogP contribution in [0.3, 0.4) is 0 Å². The number of aryl methyl sites for hydroxylation is 1. The molecule has 3 N–H and O–H groups in total. The normalized spacial score (nSPS) is 17.4. The van der Waals surface area contributed by atoms with E-state index in [-0.39, 0.29) is 11.9 Å². The van der Waals surface area contributed by atoms with Gasteiger partial charge in [0.15, 0.2) is 0 Å². The van der Waals surface area contributed by atoms with Crippen LogP contribution in [0, 0.1) is 0 Å². The Balaban J connectivity index is 1.39. The Bertz CT molecular complexity index is 1400. The number of fused-ring (bicyclic) bond motifs is 2. The lowest BCUT2D eigenvalue weighted by Gasteiger charge is -2.28. The van der Waals surface area contributed by atoms with Crippen molar-refractivity contribution in [1.29, 1.82) is 0 Å². The quantitative estimate of drug-likeness (QED) is 0.447. The Hall–Kier alpha value is -3.77. The van der Waals surface area contributed by atoms with E-state index in [1.54, 1.807) is 18.3 Å². The zero-order chi connectivity index (χ0) is 23.8. The lowest BCUT2D eigenvalue weighted by molar-refractivity contribution is 0.102. The van der Waals surface area contributed by atoms with E-state index in [1.807, 2.05) is 30.3 Å². The van der Waals surface area contributed by atoms with Crippen molar-refractivity contribution in [2.24, 2.45) is 5.73 Å². The maximum atomic E-state index is 12.6. The second-order valence-electron chi connectivity index (χ2n) is 9.57. The van der Waals surface area contributed by atoms with Crippen LogP contribution >= 0.6 is 0 Å². The summed E-state index contributed by atoms with van der Waals surface area (Å²) in [7, 11) is 0. The molecule has 1 aliphatic carbocycles. The molecule has 1 fully saturated rings. The third kappa shape index (κ3) is 4.26. The summed E-state index contributed by atoms with van der Waals surface area (Å²) in [4.78, 5) is 24.5. The Labute approximate surface area is 205 Å². The minimum absolute atomic E-state index is 0.169. The summed E-state index contributed by atoms with van der Waals surface area (Å²) in [6.45, 7) is 1.88. The minimum Gasteiger partial charge on any atom is -0.369 e. The number of nitrogens with zero attached hydrogens (tertiary/aromatic N) is 3. The average Bonchev–Trinajstić information content (AvgIpc) is 3.33. The second-order valence-corrected chi connectivity index (χ2v) is 9.57. The molecule has 0 spiro atoms. The number of carbonyl (C=O) groups is 1. The van der Waals surface area contributed by atoms with Crippen LogP contribution in [0.4, 0.5) is 11.5 Å². The molecule has 6 rings (SSSR count). The summed E-state index contributed by atoms with van der Waals surface area (Å²) in [5.41, 5.74) is 14.0. The number of benzene rings is 2. The highest BCUT2D eigenvalue weighted by atomic mass is 16.1. The molecule has 0 unspecified atom stereocenters. The number of nitrogens with two attached hydrogens (primary N) is 1. The smallest absolute Gasteiger partial charge is 0.256 e. The molecule has 0 radical (unpaired) electrons. The molecule has 0 saturated carbocycles. The third-order valence-electron chi connectivity index (χ3n) is 7.14. The van der Waals surface area contributed by atoms with Crippen LogP contribution in [0.25, 0.3) is 22.0 Å². The Morgan fingerprint density at radius 3 is 2.66 bits per heavy atom.